The van der Waals surface area contributed by atoms with Gasteiger partial charge in [0, 0.05) is 23.0 Å². The lowest BCUT2D eigenvalue weighted by Crippen LogP contribution is -2.23. The molecule has 5 aromatic rings. The first-order chi connectivity index (χ1) is 17.6. The summed E-state index contributed by atoms with van der Waals surface area (Å²) in [7, 11) is 0. The Morgan fingerprint density at radius 2 is 1.86 bits per heavy atom. The number of nitrogens with one attached hydrogen (secondary N) is 2. The van der Waals surface area contributed by atoms with Crippen molar-refractivity contribution in [3.8, 4) is 11.3 Å². The monoisotopic (exact) mass is 481 g/mol. The number of H-pyrrole nitrogens is 1. The van der Waals surface area contributed by atoms with E-state index in [0.29, 0.717) is 23.7 Å². The Labute approximate surface area is 207 Å². The summed E-state index contributed by atoms with van der Waals surface area (Å²) in [6.07, 6.45) is 4.41. The van der Waals surface area contributed by atoms with Crippen molar-refractivity contribution in [3.05, 3.63) is 72.2 Å². The first-order valence-corrected chi connectivity index (χ1v) is 12.2. The minimum atomic E-state index is -0.244. The summed E-state index contributed by atoms with van der Waals surface area (Å²) >= 11 is 0. The number of hydrogen-bond acceptors (Lipinski definition) is 6. The Balaban J connectivity index is 1.22. The highest BCUT2D eigenvalue weighted by Crippen LogP contribution is 2.35. The van der Waals surface area contributed by atoms with E-state index in [1.54, 1.807) is 0 Å². The van der Waals surface area contributed by atoms with Gasteiger partial charge in [0.05, 0.1) is 17.5 Å². The first-order valence-electron chi connectivity index (χ1n) is 12.2. The molecule has 2 aromatic carbocycles. The number of carbonyl (C=O) groups excluding carboxylic acids is 1. The van der Waals surface area contributed by atoms with Gasteiger partial charge in [0.25, 0.3) is 5.91 Å². The van der Waals surface area contributed by atoms with Crippen molar-refractivity contribution in [2.24, 2.45) is 0 Å². The molecule has 9 nitrogen and oxygen atoms in total. The van der Waals surface area contributed by atoms with E-state index in [0.717, 1.165) is 58.8 Å². The zero-order valence-corrected chi connectivity index (χ0v) is 19.7. The Morgan fingerprint density at radius 1 is 1.08 bits per heavy atom. The molecule has 0 saturated heterocycles. The van der Waals surface area contributed by atoms with Crippen molar-refractivity contribution in [1.82, 2.24) is 30.0 Å². The largest absolute Gasteiger partial charge is 0.393 e. The van der Waals surface area contributed by atoms with E-state index in [4.69, 9.17) is 10.8 Å². The number of rotatable bonds is 5. The number of fused-ring (bicyclic) bond motifs is 2. The summed E-state index contributed by atoms with van der Waals surface area (Å²) < 4.78 is 1.95. The fraction of sp³-hybridized carbons (Fsp3) is 0.259. The third-order valence-electron chi connectivity index (χ3n) is 6.99. The Hall–Kier alpha value is -4.24. The molecular formula is C27H27N7O2. The molecule has 0 radical (unpaired) electrons. The lowest BCUT2D eigenvalue weighted by Gasteiger charge is -2.25. The van der Waals surface area contributed by atoms with Crippen molar-refractivity contribution in [2.45, 2.75) is 44.4 Å². The molecule has 1 fully saturated rings. The van der Waals surface area contributed by atoms with Crippen LogP contribution in [-0.2, 0) is 6.54 Å². The highest BCUT2D eigenvalue weighted by Gasteiger charge is 2.26. The lowest BCUT2D eigenvalue weighted by atomic mass is 9.93. The topological polar surface area (TPSA) is 135 Å². The molecule has 0 spiro atoms. The number of aliphatic hydroxyl groups is 1. The standard InChI is InChI=1S/C27H27N7O2/c28-25-23-24(33-34(26(23)31-15-30-25)19-9-11-20(35)12-10-19)17-7-5-16(6-8-17)14-29-27(36)22-13-18-3-1-2-4-21(18)32-22/h1-8,13,15,19-20,32,35H,9-12,14H2,(H,29,36)(H2,28,30,31). The summed E-state index contributed by atoms with van der Waals surface area (Å²) in [6.45, 7) is 0.402. The fourth-order valence-electron chi connectivity index (χ4n) is 5.01. The van der Waals surface area contributed by atoms with Gasteiger partial charge in [-0.3, -0.25) is 4.79 Å². The van der Waals surface area contributed by atoms with E-state index in [-0.39, 0.29) is 18.1 Å². The molecule has 0 atom stereocenters. The maximum Gasteiger partial charge on any atom is 0.267 e. The molecule has 3 heterocycles. The maximum atomic E-state index is 12.6. The van der Waals surface area contributed by atoms with Gasteiger partial charge in [-0.25, -0.2) is 14.6 Å². The predicted octanol–water partition coefficient (Wildman–Crippen LogP) is 3.96. The Morgan fingerprint density at radius 3 is 2.64 bits per heavy atom. The molecule has 0 bridgehead atoms. The van der Waals surface area contributed by atoms with E-state index in [1.165, 1.54) is 6.33 Å². The molecule has 1 aliphatic rings. The number of anilines is 1. The van der Waals surface area contributed by atoms with Crippen molar-refractivity contribution in [2.75, 3.05) is 5.73 Å². The van der Waals surface area contributed by atoms with E-state index in [2.05, 4.69) is 20.3 Å². The van der Waals surface area contributed by atoms with Gasteiger partial charge in [-0.1, -0.05) is 42.5 Å². The average molecular weight is 482 g/mol. The summed E-state index contributed by atoms with van der Waals surface area (Å²) in [4.78, 5) is 24.5. The zero-order chi connectivity index (χ0) is 24.6. The van der Waals surface area contributed by atoms with Crippen LogP contribution in [0, 0.1) is 0 Å². The highest BCUT2D eigenvalue weighted by molar-refractivity contribution is 5.99. The molecule has 9 heteroatoms. The minimum Gasteiger partial charge on any atom is -0.393 e. The Bertz CT molecular complexity index is 1510. The van der Waals surface area contributed by atoms with Gasteiger partial charge < -0.3 is 21.1 Å². The molecule has 5 N–H and O–H groups in total. The number of nitrogens with zero attached hydrogens (tertiary/aromatic N) is 4. The molecule has 182 valence electrons. The molecule has 3 aromatic heterocycles. The molecular weight excluding hydrogens is 454 g/mol. The zero-order valence-electron chi connectivity index (χ0n) is 19.7. The quantitative estimate of drug-likeness (QED) is 0.300. The second kappa shape index (κ2) is 9.09. The van der Waals surface area contributed by atoms with Crippen LogP contribution in [0.25, 0.3) is 33.2 Å². The van der Waals surface area contributed by atoms with Gasteiger partial charge in [0.15, 0.2) is 5.65 Å². The molecule has 0 unspecified atom stereocenters. The molecule has 1 amide bonds. The van der Waals surface area contributed by atoms with E-state index in [9.17, 15) is 9.90 Å². The van der Waals surface area contributed by atoms with E-state index in [1.807, 2.05) is 59.3 Å². The molecule has 1 saturated carbocycles. The Kier molecular flexibility index (Phi) is 5.61. The van der Waals surface area contributed by atoms with Crippen LogP contribution in [0.5, 0.6) is 0 Å². The number of benzene rings is 2. The average Bonchev–Trinajstić information content (AvgIpc) is 3.51. The van der Waals surface area contributed by atoms with Gasteiger partial charge >= 0.3 is 0 Å². The summed E-state index contributed by atoms with van der Waals surface area (Å²) in [6, 6.07) is 17.7. The maximum absolute atomic E-state index is 12.6. The normalized spacial score (nSPS) is 18.0. The lowest BCUT2D eigenvalue weighted by molar-refractivity contribution is 0.0946. The molecule has 36 heavy (non-hydrogen) atoms. The fourth-order valence-corrected chi connectivity index (χ4v) is 5.01. The SMILES string of the molecule is Nc1ncnc2c1c(-c1ccc(CNC(=O)c3cc4ccccc4[nH]3)cc1)nn2C1CCC(O)CC1. The van der Waals surface area contributed by atoms with Crippen LogP contribution in [-0.4, -0.2) is 41.9 Å². The molecule has 6 rings (SSSR count). The number of nitrogens with two attached hydrogens (primary N) is 1. The van der Waals surface area contributed by atoms with Crippen LogP contribution in [0.2, 0.25) is 0 Å². The van der Waals surface area contributed by atoms with Crippen molar-refractivity contribution >= 4 is 33.7 Å². The first kappa shape index (κ1) is 22.2. The van der Waals surface area contributed by atoms with Gasteiger partial charge in [-0.15, -0.1) is 0 Å². The van der Waals surface area contributed by atoms with Crippen LogP contribution in [0.4, 0.5) is 5.82 Å². The van der Waals surface area contributed by atoms with Crippen molar-refractivity contribution in [3.63, 3.8) is 0 Å². The van der Waals surface area contributed by atoms with Gasteiger partial charge in [0.1, 0.15) is 23.5 Å². The highest BCUT2D eigenvalue weighted by atomic mass is 16.3. The third kappa shape index (κ3) is 4.07. The number of hydrogen-bond donors (Lipinski definition) is 4. The summed E-state index contributed by atoms with van der Waals surface area (Å²) in [5.41, 5.74) is 11.1. The number of aromatic nitrogens is 5. The minimum absolute atomic E-state index is 0.150. The second-order valence-corrected chi connectivity index (χ2v) is 9.36. The smallest absolute Gasteiger partial charge is 0.267 e. The third-order valence-corrected chi connectivity index (χ3v) is 6.99. The van der Waals surface area contributed by atoms with Crippen LogP contribution in [0.15, 0.2) is 60.9 Å². The summed E-state index contributed by atoms with van der Waals surface area (Å²) in [5.74, 6) is 0.245. The number of nitrogen functional groups attached to an aromatic ring is 1. The van der Waals surface area contributed by atoms with Gasteiger partial charge in [-0.2, -0.15) is 5.10 Å². The van der Waals surface area contributed by atoms with Crippen molar-refractivity contribution in [1.29, 1.82) is 0 Å². The van der Waals surface area contributed by atoms with Crippen LogP contribution < -0.4 is 11.1 Å². The van der Waals surface area contributed by atoms with E-state index >= 15 is 0 Å². The van der Waals surface area contributed by atoms with Crippen molar-refractivity contribution < 1.29 is 9.90 Å². The molecule has 1 aliphatic carbocycles. The number of amides is 1. The number of para-hydroxylation sites is 1. The van der Waals surface area contributed by atoms with E-state index < -0.39 is 0 Å². The number of aromatic amines is 1. The second-order valence-electron chi connectivity index (χ2n) is 9.36. The number of carbonyl (C=O) groups is 1. The van der Waals surface area contributed by atoms with Crippen LogP contribution in [0.3, 0.4) is 0 Å². The van der Waals surface area contributed by atoms with Gasteiger partial charge in [-0.05, 0) is 43.4 Å². The van der Waals surface area contributed by atoms with Gasteiger partial charge in [0.2, 0.25) is 0 Å². The number of aliphatic hydroxyl groups excluding tert-OH is 1. The summed E-state index contributed by atoms with van der Waals surface area (Å²) in [5, 5.41) is 19.5. The molecule has 0 aliphatic heterocycles. The van der Waals surface area contributed by atoms with Crippen LogP contribution in [0.1, 0.15) is 47.8 Å². The predicted molar refractivity (Wildman–Crippen MR) is 138 cm³/mol. The van der Waals surface area contributed by atoms with Crippen LogP contribution >= 0.6 is 0 Å².